The van der Waals surface area contributed by atoms with Gasteiger partial charge in [0.2, 0.25) is 5.91 Å². The van der Waals surface area contributed by atoms with Crippen molar-refractivity contribution in [3.63, 3.8) is 0 Å². The van der Waals surface area contributed by atoms with Gasteiger partial charge in [-0.15, -0.1) is 0 Å². The molecule has 0 aliphatic carbocycles. The highest BCUT2D eigenvalue weighted by atomic mass is 16.1. The Morgan fingerprint density at radius 1 is 1.15 bits per heavy atom. The highest BCUT2D eigenvalue weighted by Crippen LogP contribution is 1.99. The molecule has 0 unspecified atom stereocenters. The molecular formula is C10H17NO2. The normalized spacial score (nSPS) is 10.5. The Morgan fingerprint density at radius 3 is 2.38 bits per heavy atom. The number of ketones is 1. The zero-order chi connectivity index (χ0) is 10.1. The van der Waals surface area contributed by atoms with E-state index >= 15 is 0 Å². The lowest BCUT2D eigenvalue weighted by Crippen LogP contribution is -2.12. The first-order valence-electron chi connectivity index (χ1n) is 4.61. The van der Waals surface area contributed by atoms with Gasteiger partial charge in [0.15, 0.2) is 0 Å². The van der Waals surface area contributed by atoms with Gasteiger partial charge >= 0.3 is 0 Å². The van der Waals surface area contributed by atoms with E-state index in [0.29, 0.717) is 6.42 Å². The Labute approximate surface area is 79.0 Å². The van der Waals surface area contributed by atoms with Gasteiger partial charge < -0.3 is 5.73 Å². The predicted molar refractivity (Wildman–Crippen MR) is 52.1 cm³/mol. The Hall–Kier alpha value is -1.12. The number of primary amides is 1. The van der Waals surface area contributed by atoms with Crippen LogP contribution in [0.3, 0.4) is 0 Å². The van der Waals surface area contributed by atoms with Crippen LogP contribution in [0, 0.1) is 0 Å². The zero-order valence-corrected chi connectivity index (χ0v) is 8.08. The summed E-state index contributed by atoms with van der Waals surface area (Å²) in [6, 6.07) is 0. The summed E-state index contributed by atoms with van der Waals surface area (Å²) in [5.74, 6) is -0.294. The van der Waals surface area contributed by atoms with Crippen molar-refractivity contribution < 1.29 is 9.59 Å². The van der Waals surface area contributed by atoms with Crippen molar-refractivity contribution in [2.75, 3.05) is 0 Å². The van der Waals surface area contributed by atoms with Crippen molar-refractivity contribution >= 4 is 11.7 Å². The third kappa shape index (κ3) is 8.79. The third-order valence-corrected chi connectivity index (χ3v) is 1.64. The maximum atomic E-state index is 11.1. The van der Waals surface area contributed by atoms with Crippen molar-refractivity contribution in [3.05, 3.63) is 12.2 Å². The number of allylic oxidation sites excluding steroid dienone is 2. The molecule has 1 amide bonds. The molecule has 0 aromatic heterocycles. The van der Waals surface area contributed by atoms with Crippen LogP contribution in [0.15, 0.2) is 12.2 Å². The molecule has 0 saturated heterocycles. The van der Waals surface area contributed by atoms with E-state index in [-0.39, 0.29) is 18.6 Å². The summed E-state index contributed by atoms with van der Waals surface area (Å²) in [6.07, 6.45) is 6.76. The van der Waals surface area contributed by atoms with Crippen LogP contribution in [0.5, 0.6) is 0 Å². The molecule has 0 aliphatic heterocycles. The number of nitrogens with two attached hydrogens (primary N) is 1. The van der Waals surface area contributed by atoms with Crippen LogP contribution < -0.4 is 5.73 Å². The molecule has 0 rings (SSSR count). The zero-order valence-electron chi connectivity index (χ0n) is 8.08. The van der Waals surface area contributed by atoms with Crippen LogP contribution in [-0.2, 0) is 9.59 Å². The molecule has 0 bridgehead atoms. The van der Waals surface area contributed by atoms with Crippen molar-refractivity contribution in [2.45, 2.75) is 39.0 Å². The van der Waals surface area contributed by atoms with Gasteiger partial charge in [-0.3, -0.25) is 9.59 Å². The average Bonchev–Trinajstić information content (AvgIpc) is 2.09. The second-order valence-corrected chi connectivity index (χ2v) is 2.92. The largest absolute Gasteiger partial charge is 0.370 e. The molecule has 74 valence electrons. The van der Waals surface area contributed by atoms with E-state index in [0.717, 1.165) is 12.8 Å². The van der Waals surface area contributed by atoms with Crippen LogP contribution in [-0.4, -0.2) is 11.7 Å². The quantitative estimate of drug-likeness (QED) is 0.609. The van der Waals surface area contributed by atoms with Crippen LogP contribution in [0.25, 0.3) is 0 Å². The maximum absolute atomic E-state index is 11.1. The van der Waals surface area contributed by atoms with Crippen molar-refractivity contribution in [3.8, 4) is 0 Å². The standard InChI is InChI=1S/C10H17NO2/c1-2-3-4-5-6-9(12)7-8-10(11)13/h3-4H,2,5-8H2,1H3,(H2,11,13)/b4-3-. The molecule has 0 radical (unpaired) electrons. The van der Waals surface area contributed by atoms with E-state index in [9.17, 15) is 9.59 Å². The van der Waals surface area contributed by atoms with Crippen LogP contribution >= 0.6 is 0 Å². The molecule has 0 aromatic rings. The molecular weight excluding hydrogens is 166 g/mol. The summed E-state index contributed by atoms with van der Waals surface area (Å²) in [5, 5.41) is 0. The second kappa shape index (κ2) is 7.53. The van der Waals surface area contributed by atoms with Gasteiger partial charge in [0.05, 0.1) is 0 Å². The Balaban J connectivity index is 3.41. The predicted octanol–water partition coefficient (Wildman–Crippen LogP) is 1.57. The first-order valence-corrected chi connectivity index (χ1v) is 4.61. The van der Waals surface area contributed by atoms with Gasteiger partial charge in [-0.05, 0) is 12.8 Å². The lowest BCUT2D eigenvalue weighted by molar-refractivity contribution is -0.123. The summed E-state index contributed by atoms with van der Waals surface area (Å²) in [6.45, 7) is 2.05. The number of rotatable bonds is 7. The van der Waals surface area contributed by atoms with Crippen LogP contribution in [0.1, 0.15) is 39.0 Å². The smallest absolute Gasteiger partial charge is 0.217 e. The Bertz CT molecular complexity index is 197. The molecule has 0 spiro atoms. The topological polar surface area (TPSA) is 60.2 Å². The minimum Gasteiger partial charge on any atom is -0.370 e. The Kier molecular flexibility index (Phi) is 6.88. The summed E-state index contributed by atoms with van der Waals surface area (Å²) in [4.78, 5) is 21.4. The fourth-order valence-corrected chi connectivity index (χ4v) is 0.916. The van der Waals surface area contributed by atoms with Crippen LogP contribution in [0.4, 0.5) is 0 Å². The number of amides is 1. The lowest BCUT2D eigenvalue weighted by atomic mass is 10.1. The summed E-state index contributed by atoms with van der Waals surface area (Å²) in [7, 11) is 0. The molecule has 0 heterocycles. The Morgan fingerprint density at radius 2 is 1.85 bits per heavy atom. The average molecular weight is 183 g/mol. The van der Waals surface area contributed by atoms with E-state index < -0.39 is 5.91 Å². The summed E-state index contributed by atoms with van der Waals surface area (Å²) >= 11 is 0. The molecule has 0 fully saturated rings. The summed E-state index contributed by atoms with van der Waals surface area (Å²) < 4.78 is 0. The van der Waals surface area contributed by atoms with Crippen molar-refractivity contribution in [1.29, 1.82) is 0 Å². The van der Waals surface area contributed by atoms with Gasteiger partial charge in [-0.2, -0.15) is 0 Å². The second-order valence-electron chi connectivity index (χ2n) is 2.92. The van der Waals surface area contributed by atoms with Gasteiger partial charge in [-0.1, -0.05) is 19.1 Å². The SMILES string of the molecule is CC/C=C\CCC(=O)CCC(N)=O. The molecule has 0 aliphatic rings. The molecule has 0 saturated carbocycles. The molecule has 13 heavy (non-hydrogen) atoms. The number of hydrogen-bond donors (Lipinski definition) is 1. The number of carbonyl (C=O) groups is 2. The highest BCUT2D eigenvalue weighted by Gasteiger charge is 2.02. The number of carbonyl (C=O) groups excluding carboxylic acids is 2. The minimum atomic E-state index is -0.405. The monoisotopic (exact) mass is 183 g/mol. The van der Waals surface area contributed by atoms with E-state index in [1.807, 2.05) is 19.1 Å². The third-order valence-electron chi connectivity index (χ3n) is 1.64. The van der Waals surface area contributed by atoms with E-state index in [1.54, 1.807) is 0 Å². The van der Waals surface area contributed by atoms with E-state index in [2.05, 4.69) is 0 Å². The number of Topliss-reactive ketones (excluding diaryl/α,β-unsaturated/α-hetero) is 1. The fourth-order valence-electron chi connectivity index (χ4n) is 0.916. The van der Waals surface area contributed by atoms with Gasteiger partial charge in [0.1, 0.15) is 5.78 Å². The molecule has 0 aromatic carbocycles. The highest BCUT2D eigenvalue weighted by molar-refractivity contribution is 5.84. The molecule has 2 N–H and O–H groups in total. The lowest BCUT2D eigenvalue weighted by Gasteiger charge is -1.95. The van der Waals surface area contributed by atoms with Gasteiger partial charge in [-0.25, -0.2) is 0 Å². The molecule has 3 heteroatoms. The van der Waals surface area contributed by atoms with E-state index in [1.165, 1.54) is 0 Å². The number of hydrogen-bond acceptors (Lipinski definition) is 2. The van der Waals surface area contributed by atoms with Crippen molar-refractivity contribution in [2.24, 2.45) is 5.73 Å². The minimum absolute atomic E-state index is 0.111. The van der Waals surface area contributed by atoms with Crippen LogP contribution in [0.2, 0.25) is 0 Å². The van der Waals surface area contributed by atoms with Gasteiger partial charge in [0.25, 0.3) is 0 Å². The van der Waals surface area contributed by atoms with Gasteiger partial charge in [0, 0.05) is 19.3 Å². The maximum Gasteiger partial charge on any atom is 0.217 e. The first kappa shape index (κ1) is 11.9. The molecule has 3 nitrogen and oxygen atoms in total. The summed E-state index contributed by atoms with van der Waals surface area (Å²) in [5.41, 5.74) is 4.91. The fraction of sp³-hybridized carbons (Fsp3) is 0.600. The first-order chi connectivity index (χ1) is 6.16. The van der Waals surface area contributed by atoms with E-state index in [4.69, 9.17) is 5.73 Å². The van der Waals surface area contributed by atoms with Crippen molar-refractivity contribution in [1.82, 2.24) is 0 Å². The molecule has 0 atom stereocenters.